The van der Waals surface area contributed by atoms with E-state index in [0.29, 0.717) is 12.5 Å². The van der Waals surface area contributed by atoms with E-state index < -0.39 is 0 Å². The minimum Gasteiger partial charge on any atom is -0.381 e. The van der Waals surface area contributed by atoms with Crippen molar-refractivity contribution in [3.63, 3.8) is 0 Å². The van der Waals surface area contributed by atoms with E-state index in [4.69, 9.17) is 9.47 Å². The molecule has 30 heavy (non-hydrogen) atoms. The van der Waals surface area contributed by atoms with Crippen LogP contribution in [0, 0.1) is 12.8 Å². The van der Waals surface area contributed by atoms with E-state index in [-0.39, 0.29) is 0 Å². The van der Waals surface area contributed by atoms with Crippen LogP contribution in [0.15, 0.2) is 35.7 Å². The lowest BCUT2D eigenvalue weighted by Crippen LogP contribution is -2.38. The standard InChI is InChI=1S/C22H34N6O2/c1-3-23-22(25-9-4-12-30-17-19-7-13-29-14-8-19)27-16-20-5-6-21(26-15-20)28-11-10-24-18(28)2/h5-6,10-11,15,19H,3-4,7-9,12-14,16-17H2,1-2H3,(H2,23,25,27). The van der Waals surface area contributed by atoms with Crippen molar-refractivity contribution >= 4 is 5.96 Å². The van der Waals surface area contributed by atoms with Crippen molar-refractivity contribution in [2.45, 2.75) is 39.7 Å². The highest BCUT2D eigenvalue weighted by molar-refractivity contribution is 5.79. The number of hydrogen-bond acceptors (Lipinski definition) is 5. The molecule has 0 unspecified atom stereocenters. The number of nitrogens with zero attached hydrogens (tertiary/aromatic N) is 4. The molecule has 1 fully saturated rings. The van der Waals surface area contributed by atoms with Gasteiger partial charge in [-0.3, -0.25) is 4.57 Å². The zero-order chi connectivity index (χ0) is 21.0. The maximum absolute atomic E-state index is 5.82. The van der Waals surface area contributed by atoms with Crippen LogP contribution < -0.4 is 10.6 Å². The summed E-state index contributed by atoms with van der Waals surface area (Å²) in [6, 6.07) is 4.05. The maximum atomic E-state index is 5.82. The molecule has 0 aromatic carbocycles. The summed E-state index contributed by atoms with van der Waals surface area (Å²) in [4.78, 5) is 13.4. The molecule has 0 atom stereocenters. The molecule has 2 aromatic rings. The molecule has 0 saturated carbocycles. The van der Waals surface area contributed by atoms with Gasteiger partial charge in [-0.15, -0.1) is 0 Å². The number of imidazole rings is 1. The van der Waals surface area contributed by atoms with Crippen molar-refractivity contribution in [2.75, 3.05) is 39.5 Å². The van der Waals surface area contributed by atoms with Crippen LogP contribution in [0.4, 0.5) is 0 Å². The first-order valence-corrected chi connectivity index (χ1v) is 10.9. The summed E-state index contributed by atoms with van der Waals surface area (Å²) in [6.45, 7) is 9.62. The molecule has 1 saturated heterocycles. The van der Waals surface area contributed by atoms with Crippen LogP contribution in [-0.4, -0.2) is 60.0 Å². The van der Waals surface area contributed by atoms with E-state index in [1.807, 2.05) is 30.0 Å². The number of pyridine rings is 1. The van der Waals surface area contributed by atoms with Crippen LogP contribution in [0.1, 0.15) is 37.6 Å². The van der Waals surface area contributed by atoms with E-state index in [1.165, 1.54) is 0 Å². The molecule has 2 N–H and O–H groups in total. The lowest BCUT2D eigenvalue weighted by molar-refractivity contribution is 0.0203. The van der Waals surface area contributed by atoms with Crippen molar-refractivity contribution < 1.29 is 9.47 Å². The summed E-state index contributed by atoms with van der Waals surface area (Å²) in [6.07, 6.45) is 8.75. The van der Waals surface area contributed by atoms with Crippen LogP contribution in [0.3, 0.4) is 0 Å². The first-order valence-electron chi connectivity index (χ1n) is 10.9. The Morgan fingerprint density at radius 2 is 2.13 bits per heavy atom. The van der Waals surface area contributed by atoms with E-state index >= 15 is 0 Å². The van der Waals surface area contributed by atoms with Gasteiger partial charge in [0.15, 0.2) is 5.96 Å². The monoisotopic (exact) mass is 414 g/mol. The largest absolute Gasteiger partial charge is 0.381 e. The maximum Gasteiger partial charge on any atom is 0.191 e. The van der Waals surface area contributed by atoms with Crippen molar-refractivity contribution in [3.05, 3.63) is 42.1 Å². The third kappa shape index (κ3) is 7.11. The van der Waals surface area contributed by atoms with Crippen LogP contribution in [0.5, 0.6) is 0 Å². The van der Waals surface area contributed by atoms with Gasteiger partial charge in [0, 0.05) is 58.1 Å². The minimum atomic E-state index is 0.575. The number of guanidine groups is 1. The van der Waals surface area contributed by atoms with Gasteiger partial charge in [-0.2, -0.15) is 0 Å². The predicted octanol–water partition coefficient (Wildman–Crippen LogP) is 2.46. The summed E-state index contributed by atoms with van der Waals surface area (Å²) in [5, 5.41) is 6.66. The first kappa shape index (κ1) is 22.2. The number of nitrogens with one attached hydrogen (secondary N) is 2. The Morgan fingerprint density at radius 3 is 2.83 bits per heavy atom. The third-order valence-corrected chi connectivity index (χ3v) is 5.10. The number of ether oxygens (including phenoxy) is 2. The number of rotatable bonds is 10. The molecule has 8 nitrogen and oxygen atoms in total. The third-order valence-electron chi connectivity index (χ3n) is 5.10. The molecule has 0 bridgehead atoms. The van der Waals surface area contributed by atoms with Gasteiger partial charge in [0.25, 0.3) is 0 Å². The average molecular weight is 415 g/mol. The highest BCUT2D eigenvalue weighted by Gasteiger charge is 2.13. The van der Waals surface area contributed by atoms with E-state index in [2.05, 4.69) is 38.6 Å². The summed E-state index contributed by atoms with van der Waals surface area (Å²) in [7, 11) is 0. The predicted molar refractivity (Wildman–Crippen MR) is 118 cm³/mol. The topological polar surface area (TPSA) is 85.6 Å². The van der Waals surface area contributed by atoms with Crippen LogP contribution >= 0.6 is 0 Å². The average Bonchev–Trinajstić information content (AvgIpc) is 3.21. The van der Waals surface area contributed by atoms with Crippen LogP contribution in [-0.2, 0) is 16.0 Å². The summed E-state index contributed by atoms with van der Waals surface area (Å²) in [5.74, 6) is 3.26. The lowest BCUT2D eigenvalue weighted by Gasteiger charge is -2.21. The number of aliphatic imine (C=N–C) groups is 1. The molecule has 1 aliphatic heterocycles. The molecule has 3 heterocycles. The molecule has 3 rings (SSSR count). The Kier molecular flexibility index (Phi) is 9.11. The normalized spacial score (nSPS) is 15.3. The number of aryl methyl sites for hydroxylation is 1. The minimum absolute atomic E-state index is 0.575. The molecule has 0 spiro atoms. The highest BCUT2D eigenvalue weighted by atomic mass is 16.5. The molecule has 0 aliphatic carbocycles. The van der Waals surface area contributed by atoms with Gasteiger partial charge in [-0.1, -0.05) is 6.07 Å². The van der Waals surface area contributed by atoms with Crippen LogP contribution in [0.2, 0.25) is 0 Å². The van der Waals surface area contributed by atoms with Gasteiger partial charge in [0.1, 0.15) is 11.6 Å². The first-order chi connectivity index (χ1) is 14.8. The number of aromatic nitrogens is 3. The second kappa shape index (κ2) is 12.3. The zero-order valence-corrected chi connectivity index (χ0v) is 18.1. The Bertz CT molecular complexity index is 768. The lowest BCUT2D eigenvalue weighted by atomic mass is 10.0. The summed E-state index contributed by atoms with van der Waals surface area (Å²) >= 11 is 0. The second-order valence-electron chi connectivity index (χ2n) is 7.48. The molecular formula is C22H34N6O2. The fraction of sp³-hybridized carbons (Fsp3) is 0.591. The van der Waals surface area contributed by atoms with Crippen molar-refractivity contribution in [1.82, 2.24) is 25.2 Å². The van der Waals surface area contributed by atoms with Crippen molar-refractivity contribution in [3.8, 4) is 5.82 Å². The molecule has 164 valence electrons. The Balaban J connectivity index is 1.38. The van der Waals surface area contributed by atoms with Gasteiger partial charge in [0.05, 0.1) is 6.54 Å². The van der Waals surface area contributed by atoms with E-state index in [1.54, 1.807) is 6.20 Å². The zero-order valence-electron chi connectivity index (χ0n) is 18.1. The summed E-state index contributed by atoms with van der Waals surface area (Å²) in [5.41, 5.74) is 1.06. The van der Waals surface area contributed by atoms with E-state index in [9.17, 15) is 0 Å². The van der Waals surface area contributed by atoms with E-state index in [0.717, 1.165) is 81.9 Å². The molecule has 8 heteroatoms. The second-order valence-corrected chi connectivity index (χ2v) is 7.48. The fourth-order valence-electron chi connectivity index (χ4n) is 3.33. The molecule has 1 aliphatic rings. The Labute approximate surface area is 179 Å². The number of hydrogen-bond donors (Lipinski definition) is 2. The fourth-order valence-corrected chi connectivity index (χ4v) is 3.33. The Morgan fingerprint density at radius 1 is 1.27 bits per heavy atom. The molecule has 2 aromatic heterocycles. The van der Waals surface area contributed by atoms with Crippen molar-refractivity contribution in [2.24, 2.45) is 10.9 Å². The van der Waals surface area contributed by atoms with Crippen LogP contribution in [0.25, 0.3) is 5.82 Å². The van der Waals surface area contributed by atoms with Crippen molar-refractivity contribution in [1.29, 1.82) is 0 Å². The van der Waals surface area contributed by atoms with Gasteiger partial charge >= 0.3 is 0 Å². The van der Waals surface area contributed by atoms with Gasteiger partial charge in [-0.05, 0) is 50.7 Å². The Hall–Kier alpha value is -2.45. The quantitative estimate of drug-likeness (QED) is 0.353. The molecule has 0 amide bonds. The van der Waals surface area contributed by atoms with Gasteiger partial charge in [-0.25, -0.2) is 15.0 Å². The molecule has 0 radical (unpaired) electrons. The molecular weight excluding hydrogens is 380 g/mol. The van der Waals surface area contributed by atoms with Gasteiger partial charge in [0.2, 0.25) is 0 Å². The van der Waals surface area contributed by atoms with Gasteiger partial charge < -0.3 is 20.1 Å². The summed E-state index contributed by atoms with van der Waals surface area (Å²) < 4.78 is 13.2. The SMILES string of the molecule is CCNC(=NCc1ccc(-n2ccnc2C)nc1)NCCCOCC1CCOCC1. The highest BCUT2D eigenvalue weighted by Crippen LogP contribution is 2.14. The smallest absolute Gasteiger partial charge is 0.191 e.